The van der Waals surface area contributed by atoms with Crippen molar-refractivity contribution in [3.8, 4) is 23.1 Å². The van der Waals surface area contributed by atoms with Gasteiger partial charge in [0.05, 0.1) is 36.5 Å². The molecule has 0 radical (unpaired) electrons. The number of furan rings is 1. The maximum atomic E-state index is 8.80. The molecule has 4 rings (SSSR count). The minimum absolute atomic E-state index is 0.247. The number of benzene rings is 1. The lowest BCUT2D eigenvalue weighted by atomic mass is 10.1. The second-order valence-corrected chi connectivity index (χ2v) is 5.96. The van der Waals surface area contributed by atoms with Crippen LogP contribution in [0.5, 0.6) is 5.75 Å². The van der Waals surface area contributed by atoms with Gasteiger partial charge >= 0.3 is 0 Å². The summed E-state index contributed by atoms with van der Waals surface area (Å²) in [4.78, 5) is 8.11. The van der Waals surface area contributed by atoms with Crippen molar-refractivity contribution in [3.05, 3.63) is 48.6 Å². The van der Waals surface area contributed by atoms with Crippen LogP contribution in [0.25, 0.3) is 22.2 Å². The molecule has 9 nitrogen and oxygen atoms in total. The van der Waals surface area contributed by atoms with Crippen molar-refractivity contribution in [2.45, 2.75) is 6.42 Å². The maximum Gasteiger partial charge on any atom is 0.158 e. The molecule has 0 amide bonds. The first-order valence-electron chi connectivity index (χ1n) is 8.66. The number of hydrogen-bond acceptors (Lipinski definition) is 8. The molecule has 0 atom stereocenters. The van der Waals surface area contributed by atoms with E-state index in [-0.39, 0.29) is 5.69 Å². The summed E-state index contributed by atoms with van der Waals surface area (Å²) in [7, 11) is 0. The Morgan fingerprint density at radius 2 is 2.14 bits per heavy atom. The van der Waals surface area contributed by atoms with E-state index in [1.54, 1.807) is 6.26 Å². The third kappa shape index (κ3) is 3.49. The van der Waals surface area contributed by atoms with Crippen LogP contribution < -0.4 is 15.8 Å². The topological polar surface area (TPSA) is 139 Å². The normalized spacial score (nSPS) is 10.7. The summed E-state index contributed by atoms with van der Waals surface area (Å²) in [6, 6.07) is 9.50. The summed E-state index contributed by atoms with van der Waals surface area (Å²) in [5, 5.41) is 20.1. The Hall–Kier alpha value is -3.90. The van der Waals surface area contributed by atoms with Crippen molar-refractivity contribution in [1.29, 1.82) is 5.26 Å². The molecular formula is C19H17N7O2. The first kappa shape index (κ1) is 17.5. The molecule has 3 heterocycles. The molecule has 0 aliphatic carbocycles. The van der Waals surface area contributed by atoms with Crippen molar-refractivity contribution in [2.75, 3.05) is 18.5 Å². The molecule has 4 N–H and O–H groups in total. The van der Waals surface area contributed by atoms with Gasteiger partial charge in [-0.3, -0.25) is 5.10 Å². The minimum atomic E-state index is 0.247. The summed E-state index contributed by atoms with van der Waals surface area (Å²) in [6.45, 7) is 1.07. The van der Waals surface area contributed by atoms with Gasteiger partial charge in [-0.25, -0.2) is 9.97 Å². The summed E-state index contributed by atoms with van der Waals surface area (Å²) in [5.41, 5.74) is 8.03. The van der Waals surface area contributed by atoms with Crippen molar-refractivity contribution < 1.29 is 9.15 Å². The number of anilines is 2. The van der Waals surface area contributed by atoms with Crippen LogP contribution in [0, 0.1) is 11.3 Å². The van der Waals surface area contributed by atoms with Crippen molar-refractivity contribution >= 4 is 22.6 Å². The van der Waals surface area contributed by atoms with Gasteiger partial charge in [0.1, 0.15) is 23.2 Å². The van der Waals surface area contributed by atoms with Crippen LogP contribution in [0.3, 0.4) is 0 Å². The second kappa shape index (κ2) is 7.77. The van der Waals surface area contributed by atoms with Crippen LogP contribution in [0.2, 0.25) is 0 Å². The van der Waals surface area contributed by atoms with Crippen LogP contribution in [-0.4, -0.2) is 33.3 Å². The van der Waals surface area contributed by atoms with E-state index in [1.807, 2.05) is 30.3 Å². The van der Waals surface area contributed by atoms with Crippen molar-refractivity contribution in [1.82, 2.24) is 20.2 Å². The van der Waals surface area contributed by atoms with E-state index in [0.717, 1.165) is 23.1 Å². The average Bonchev–Trinajstić information content (AvgIpc) is 3.38. The Morgan fingerprint density at radius 1 is 1.21 bits per heavy atom. The van der Waals surface area contributed by atoms with Crippen molar-refractivity contribution in [2.24, 2.45) is 5.73 Å². The Morgan fingerprint density at radius 3 is 2.93 bits per heavy atom. The molecule has 0 unspecified atom stereocenters. The van der Waals surface area contributed by atoms with Crippen LogP contribution in [-0.2, 0) is 0 Å². The molecule has 28 heavy (non-hydrogen) atoms. The molecule has 0 saturated heterocycles. The Bertz CT molecular complexity index is 1130. The van der Waals surface area contributed by atoms with E-state index in [4.69, 9.17) is 20.1 Å². The number of hydrogen-bond donors (Lipinski definition) is 3. The summed E-state index contributed by atoms with van der Waals surface area (Å²) < 4.78 is 11.6. The molecule has 4 aromatic rings. The van der Waals surface area contributed by atoms with Gasteiger partial charge in [-0.2, -0.15) is 10.4 Å². The molecular weight excluding hydrogens is 358 g/mol. The Balaban J connectivity index is 1.65. The van der Waals surface area contributed by atoms with Gasteiger partial charge < -0.3 is 20.2 Å². The van der Waals surface area contributed by atoms with Gasteiger partial charge in [0, 0.05) is 11.5 Å². The molecule has 3 aromatic heterocycles. The number of aromatic amines is 1. The van der Waals surface area contributed by atoms with Gasteiger partial charge in [-0.05, 0) is 31.2 Å². The highest BCUT2D eigenvalue weighted by atomic mass is 16.5. The number of fused-ring (bicyclic) bond motifs is 1. The number of nitrogens with one attached hydrogen (secondary N) is 2. The highest BCUT2D eigenvalue weighted by Crippen LogP contribution is 2.37. The number of nitrogens with zero attached hydrogens (tertiary/aromatic N) is 4. The zero-order chi connectivity index (χ0) is 19.3. The van der Waals surface area contributed by atoms with Gasteiger partial charge in [0.25, 0.3) is 0 Å². The summed E-state index contributed by atoms with van der Waals surface area (Å²) in [6.07, 6.45) is 5.26. The van der Waals surface area contributed by atoms with Crippen LogP contribution in [0.4, 0.5) is 11.6 Å². The molecule has 9 heteroatoms. The van der Waals surface area contributed by atoms with E-state index in [0.29, 0.717) is 36.1 Å². The predicted octanol–water partition coefficient (Wildman–Crippen LogP) is 2.96. The molecule has 0 bridgehead atoms. The first-order chi connectivity index (χ1) is 13.8. The van der Waals surface area contributed by atoms with E-state index in [9.17, 15) is 0 Å². The lowest BCUT2D eigenvalue weighted by Gasteiger charge is -2.10. The highest BCUT2D eigenvalue weighted by Gasteiger charge is 2.17. The molecule has 140 valence electrons. The molecule has 0 fully saturated rings. The highest BCUT2D eigenvalue weighted by molar-refractivity contribution is 5.95. The van der Waals surface area contributed by atoms with E-state index in [1.165, 1.54) is 12.4 Å². The lowest BCUT2D eigenvalue weighted by molar-refractivity contribution is 0.314. The van der Waals surface area contributed by atoms with E-state index < -0.39 is 0 Å². The third-order valence-corrected chi connectivity index (χ3v) is 4.06. The average molecular weight is 375 g/mol. The smallest absolute Gasteiger partial charge is 0.158 e. The van der Waals surface area contributed by atoms with Crippen LogP contribution >= 0.6 is 0 Å². The third-order valence-electron chi connectivity index (χ3n) is 4.06. The van der Waals surface area contributed by atoms with Gasteiger partial charge in [0.15, 0.2) is 11.5 Å². The number of ether oxygens (including phenoxy) is 1. The fraction of sp³-hybridized carbons (Fsp3) is 0.158. The summed E-state index contributed by atoms with van der Waals surface area (Å²) >= 11 is 0. The second-order valence-electron chi connectivity index (χ2n) is 5.96. The number of aromatic nitrogens is 4. The quantitative estimate of drug-likeness (QED) is 0.419. The number of nitriles is 1. The SMILES string of the molecule is N#Cc1cnc(Nc2cc(-c3c(OCCCN)ccc4ccoc34)[nH]n2)cn1. The molecule has 0 spiro atoms. The lowest BCUT2D eigenvalue weighted by Crippen LogP contribution is -2.06. The molecule has 1 aromatic carbocycles. The van der Waals surface area contributed by atoms with Crippen LogP contribution in [0.15, 0.2) is 47.3 Å². The largest absolute Gasteiger partial charge is 0.493 e. The van der Waals surface area contributed by atoms with Gasteiger partial charge in [-0.1, -0.05) is 0 Å². The number of rotatable bonds is 7. The Kier molecular flexibility index (Phi) is 4.86. The monoisotopic (exact) mass is 375 g/mol. The zero-order valence-corrected chi connectivity index (χ0v) is 14.8. The molecule has 0 aliphatic rings. The fourth-order valence-electron chi connectivity index (χ4n) is 2.75. The molecule has 0 saturated carbocycles. The van der Waals surface area contributed by atoms with Gasteiger partial charge in [0.2, 0.25) is 0 Å². The maximum absolute atomic E-state index is 8.80. The number of H-pyrrole nitrogens is 1. The van der Waals surface area contributed by atoms with Crippen molar-refractivity contribution in [3.63, 3.8) is 0 Å². The summed E-state index contributed by atoms with van der Waals surface area (Å²) in [5.74, 6) is 1.71. The van der Waals surface area contributed by atoms with E-state index >= 15 is 0 Å². The minimum Gasteiger partial charge on any atom is -0.493 e. The van der Waals surface area contributed by atoms with Crippen LogP contribution in [0.1, 0.15) is 12.1 Å². The zero-order valence-electron chi connectivity index (χ0n) is 14.8. The molecule has 0 aliphatic heterocycles. The fourth-order valence-corrected chi connectivity index (χ4v) is 2.75. The first-order valence-corrected chi connectivity index (χ1v) is 8.66. The van der Waals surface area contributed by atoms with E-state index in [2.05, 4.69) is 25.5 Å². The Labute approximate surface area is 160 Å². The predicted molar refractivity (Wildman–Crippen MR) is 103 cm³/mol. The van der Waals surface area contributed by atoms with Gasteiger partial charge in [-0.15, -0.1) is 0 Å². The number of nitrogens with two attached hydrogens (primary N) is 1. The standard InChI is InChI=1S/C19H17N7O2/c20-5-1-6-27-15-3-2-12-4-7-28-19(12)18(15)14-8-16(26-25-14)24-17-11-22-13(9-21)10-23-17/h2-4,7-8,10-11H,1,5-6,20H2,(H2,23,24,25,26).